The summed E-state index contributed by atoms with van der Waals surface area (Å²) in [6.07, 6.45) is 4.45. The summed E-state index contributed by atoms with van der Waals surface area (Å²) in [6.45, 7) is 3.60. The number of carbonyl (C=O) groups excluding carboxylic acids is 2. The molecule has 2 heterocycles. The minimum Gasteiger partial charge on any atom is -0.453 e. The third-order valence-corrected chi connectivity index (χ3v) is 6.93. The van der Waals surface area contributed by atoms with Gasteiger partial charge in [-0.15, -0.1) is 11.3 Å². The number of esters is 1. The van der Waals surface area contributed by atoms with Gasteiger partial charge in [0.05, 0.1) is 11.8 Å². The average molecular weight is 454 g/mol. The fourth-order valence-electron chi connectivity index (χ4n) is 3.92. The van der Waals surface area contributed by atoms with E-state index in [1.165, 1.54) is 17.4 Å². The Labute approximate surface area is 190 Å². The van der Waals surface area contributed by atoms with Crippen LogP contribution in [0.4, 0.5) is 5.69 Å². The molecule has 8 heteroatoms. The van der Waals surface area contributed by atoms with Crippen molar-refractivity contribution in [3.63, 3.8) is 0 Å². The van der Waals surface area contributed by atoms with Gasteiger partial charge < -0.3 is 15.0 Å². The van der Waals surface area contributed by atoms with E-state index in [4.69, 9.17) is 4.74 Å². The number of thiophene rings is 1. The summed E-state index contributed by atoms with van der Waals surface area (Å²) in [5.74, 6) is -0.437. The minimum atomic E-state index is -0.924. The zero-order valence-electron chi connectivity index (χ0n) is 18.3. The summed E-state index contributed by atoms with van der Waals surface area (Å²) in [7, 11) is 0. The van der Waals surface area contributed by atoms with Crippen LogP contribution in [0, 0.1) is 0 Å². The second-order valence-electron chi connectivity index (χ2n) is 8.08. The van der Waals surface area contributed by atoms with Gasteiger partial charge in [0.1, 0.15) is 10.7 Å². The summed E-state index contributed by atoms with van der Waals surface area (Å²) in [5.41, 5.74) is 2.83. The van der Waals surface area contributed by atoms with E-state index in [1.807, 2.05) is 24.3 Å². The highest BCUT2D eigenvalue weighted by Gasteiger charge is 2.21. The molecule has 0 unspecified atom stereocenters. The van der Waals surface area contributed by atoms with Crippen LogP contribution in [-0.4, -0.2) is 27.9 Å². The predicted molar refractivity (Wildman–Crippen MR) is 125 cm³/mol. The lowest BCUT2D eigenvalue weighted by atomic mass is 9.97. The van der Waals surface area contributed by atoms with Crippen molar-refractivity contribution in [2.75, 3.05) is 5.32 Å². The van der Waals surface area contributed by atoms with Crippen LogP contribution >= 0.6 is 11.3 Å². The van der Waals surface area contributed by atoms with E-state index in [1.54, 1.807) is 11.3 Å². The smallest absolute Gasteiger partial charge is 0.307 e. The van der Waals surface area contributed by atoms with Crippen LogP contribution in [0.25, 0.3) is 10.2 Å². The maximum Gasteiger partial charge on any atom is 0.307 e. The Bertz CT molecular complexity index is 1200. The second kappa shape index (κ2) is 9.65. The third-order valence-electron chi connectivity index (χ3n) is 5.75. The van der Waals surface area contributed by atoms with Crippen LogP contribution in [0.2, 0.25) is 0 Å². The van der Waals surface area contributed by atoms with E-state index in [-0.39, 0.29) is 24.3 Å². The van der Waals surface area contributed by atoms with E-state index in [2.05, 4.69) is 22.2 Å². The number of carbonyl (C=O) groups is 2. The van der Waals surface area contributed by atoms with Gasteiger partial charge in [-0.3, -0.25) is 14.4 Å². The average Bonchev–Trinajstić information content (AvgIpc) is 3.17. The molecular weight excluding hydrogens is 426 g/mol. The van der Waals surface area contributed by atoms with Gasteiger partial charge in [-0.05, 0) is 62.3 Å². The second-order valence-corrected chi connectivity index (χ2v) is 9.16. The Morgan fingerprint density at radius 3 is 2.72 bits per heavy atom. The fraction of sp³-hybridized carbons (Fsp3) is 0.417. The lowest BCUT2D eigenvalue weighted by molar-refractivity contribution is -0.153. The Morgan fingerprint density at radius 2 is 1.97 bits per heavy atom. The molecule has 2 N–H and O–H groups in total. The SMILES string of the molecule is CCc1ccc(NC(=O)[C@H](C)OC(=O)CCc2nc3sc4c(c3c(=O)[nH]2)CCCC4)cc1. The van der Waals surface area contributed by atoms with Crippen molar-refractivity contribution in [2.45, 2.75) is 64.9 Å². The van der Waals surface area contributed by atoms with Crippen molar-refractivity contribution < 1.29 is 14.3 Å². The molecule has 0 fully saturated rings. The molecule has 1 atom stereocenters. The van der Waals surface area contributed by atoms with Crippen LogP contribution in [-0.2, 0) is 40.0 Å². The molecule has 32 heavy (non-hydrogen) atoms. The summed E-state index contributed by atoms with van der Waals surface area (Å²) >= 11 is 1.58. The first-order valence-electron chi connectivity index (χ1n) is 11.1. The lowest BCUT2D eigenvalue weighted by Gasteiger charge is -2.13. The number of fused-ring (bicyclic) bond motifs is 3. The van der Waals surface area contributed by atoms with E-state index < -0.39 is 12.1 Å². The molecule has 4 rings (SSSR count). The van der Waals surface area contributed by atoms with Crippen molar-refractivity contribution in [1.29, 1.82) is 0 Å². The number of aromatic nitrogens is 2. The topological polar surface area (TPSA) is 101 Å². The zero-order valence-corrected chi connectivity index (χ0v) is 19.1. The molecule has 7 nitrogen and oxygen atoms in total. The van der Waals surface area contributed by atoms with Gasteiger partial charge in [-0.1, -0.05) is 19.1 Å². The molecule has 0 saturated heterocycles. The van der Waals surface area contributed by atoms with Crippen molar-refractivity contribution in [2.24, 2.45) is 0 Å². The molecule has 1 amide bonds. The van der Waals surface area contributed by atoms with Crippen LogP contribution in [0.5, 0.6) is 0 Å². The summed E-state index contributed by atoms with van der Waals surface area (Å²) in [4.78, 5) is 46.6. The summed E-state index contributed by atoms with van der Waals surface area (Å²) in [6, 6.07) is 7.54. The number of benzene rings is 1. The number of hydrogen-bond donors (Lipinski definition) is 2. The fourth-order valence-corrected chi connectivity index (χ4v) is 5.21. The maximum atomic E-state index is 12.6. The standard InChI is InChI=1S/C24H27N3O4S/c1-3-15-8-10-16(11-9-15)25-22(29)14(2)31-20(28)13-12-19-26-23(30)21-17-6-4-5-7-18(17)32-24(21)27-19/h8-11,14H,3-7,12-13H2,1-2H3,(H,25,29)(H,26,27,30)/t14-/m0/s1. The first-order chi connectivity index (χ1) is 15.4. The maximum absolute atomic E-state index is 12.6. The molecule has 168 valence electrons. The number of H-pyrrole nitrogens is 1. The number of nitrogens with one attached hydrogen (secondary N) is 2. The molecule has 0 bridgehead atoms. The van der Waals surface area contributed by atoms with E-state index >= 15 is 0 Å². The number of anilines is 1. The third kappa shape index (κ3) is 4.91. The molecule has 1 aliphatic carbocycles. The minimum absolute atomic E-state index is 0.0301. The highest BCUT2D eigenvalue weighted by atomic mass is 32.1. The van der Waals surface area contributed by atoms with Gasteiger partial charge in [-0.25, -0.2) is 4.98 Å². The number of aryl methyl sites for hydroxylation is 4. The predicted octanol–water partition coefficient (Wildman–Crippen LogP) is 3.93. The van der Waals surface area contributed by atoms with Crippen LogP contribution in [0.3, 0.4) is 0 Å². The van der Waals surface area contributed by atoms with Gasteiger partial charge in [0.15, 0.2) is 6.10 Å². The van der Waals surface area contributed by atoms with E-state index in [9.17, 15) is 14.4 Å². The largest absolute Gasteiger partial charge is 0.453 e. The van der Waals surface area contributed by atoms with E-state index in [0.717, 1.165) is 42.5 Å². The van der Waals surface area contributed by atoms with Crippen LogP contribution in [0.1, 0.15) is 54.9 Å². The van der Waals surface area contributed by atoms with Crippen molar-refractivity contribution >= 4 is 39.1 Å². The molecule has 1 aromatic carbocycles. The molecular formula is C24H27N3O4S. The Morgan fingerprint density at radius 1 is 1.22 bits per heavy atom. The number of nitrogens with zero attached hydrogens (tertiary/aromatic N) is 1. The Hall–Kier alpha value is -3.00. The van der Waals surface area contributed by atoms with Crippen molar-refractivity contribution in [3.05, 3.63) is 56.4 Å². The van der Waals surface area contributed by atoms with E-state index in [0.29, 0.717) is 16.9 Å². The van der Waals surface area contributed by atoms with Crippen LogP contribution < -0.4 is 10.9 Å². The van der Waals surface area contributed by atoms with Gasteiger partial charge in [0.25, 0.3) is 11.5 Å². The van der Waals surface area contributed by atoms with Gasteiger partial charge >= 0.3 is 5.97 Å². The number of hydrogen-bond acceptors (Lipinski definition) is 6. The molecule has 2 aromatic heterocycles. The quantitative estimate of drug-likeness (QED) is 0.528. The van der Waals surface area contributed by atoms with Gasteiger partial charge in [0, 0.05) is 17.0 Å². The zero-order chi connectivity index (χ0) is 22.7. The van der Waals surface area contributed by atoms with Crippen LogP contribution in [0.15, 0.2) is 29.1 Å². The number of amides is 1. The van der Waals surface area contributed by atoms with Gasteiger partial charge in [0.2, 0.25) is 0 Å². The van der Waals surface area contributed by atoms with Crippen molar-refractivity contribution in [3.8, 4) is 0 Å². The number of aromatic amines is 1. The molecule has 1 aliphatic rings. The molecule has 0 aliphatic heterocycles. The number of rotatable bonds is 7. The first kappa shape index (κ1) is 22.2. The molecule has 0 radical (unpaired) electrons. The van der Waals surface area contributed by atoms with Gasteiger partial charge in [-0.2, -0.15) is 0 Å². The monoisotopic (exact) mass is 453 g/mol. The Balaban J connectivity index is 1.33. The molecule has 0 saturated carbocycles. The first-order valence-corrected chi connectivity index (χ1v) is 11.9. The molecule has 0 spiro atoms. The summed E-state index contributed by atoms with van der Waals surface area (Å²) in [5, 5.41) is 3.45. The highest BCUT2D eigenvalue weighted by Crippen LogP contribution is 2.33. The summed E-state index contributed by atoms with van der Waals surface area (Å²) < 4.78 is 5.27. The molecule has 3 aromatic rings. The highest BCUT2D eigenvalue weighted by molar-refractivity contribution is 7.18. The normalized spacial score (nSPS) is 14.1. The van der Waals surface area contributed by atoms with Crippen molar-refractivity contribution in [1.82, 2.24) is 9.97 Å². The number of ether oxygens (including phenoxy) is 1. The Kier molecular flexibility index (Phi) is 6.69. The lowest BCUT2D eigenvalue weighted by Crippen LogP contribution is -2.30.